The predicted molar refractivity (Wildman–Crippen MR) is 86.5 cm³/mol. The molecule has 3 heteroatoms. The lowest BCUT2D eigenvalue weighted by Crippen LogP contribution is -2.45. The lowest BCUT2D eigenvalue weighted by molar-refractivity contribution is -0.141. The second-order valence-electron chi connectivity index (χ2n) is 7.18. The van der Waals surface area contributed by atoms with Crippen LogP contribution in [0.3, 0.4) is 0 Å². The van der Waals surface area contributed by atoms with Crippen LogP contribution in [0.1, 0.15) is 71.1 Å². The minimum absolute atomic E-state index is 0.170. The zero-order chi connectivity index (χ0) is 15.4. The molecule has 0 aromatic carbocycles. The average Bonchev–Trinajstić information content (AvgIpc) is 2.54. The minimum atomic E-state index is -0.170. The molecule has 3 rings (SSSR count). The van der Waals surface area contributed by atoms with Gasteiger partial charge in [-0.15, -0.1) is 0 Å². The molecular formula is C19H30O3. The first-order valence-corrected chi connectivity index (χ1v) is 9.24. The fourth-order valence-corrected chi connectivity index (χ4v) is 4.64. The van der Waals surface area contributed by atoms with Crippen LogP contribution in [0.2, 0.25) is 0 Å². The van der Waals surface area contributed by atoms with Crippen LogP contribution in [-0.2, 0) is 14.3 Å². The molecule has 0 aromatic rings. The molecule has 0 unspecified atom stereocenters. The maximum absolute atomic E-state index is 10.8. The first-order chi connectivity index (χ1) is 10.8. The zero-order valence-electron chi connectivity index (χ0n) is 13.9. The Kier molecular flexibility index (Phi) is 5.56. The van der Waals surface area contributed by atoms with E-state index in [2.05, 4.69) is 6.08 Å². The van der Waals surface area contributed by atoms with Crippen molar-refractivity contribution in [3.8, 4) is 0 Å². The van der Waals surface area contributed by atoms with Crippen molar-refractivity contribution in [2.24, 2.45) is 11.8 Å². The van der Waals surface area contributed by atoms with Gasteiger partial charge in [0.05, 0.1) is 18.8 Å². The summed E-state index contributed by atoms with van der Waals surface area (Å²) in [4.78, 5) is 10.8. The molecule has 3 nitrogen and oxygen atoms in total. The third-order valence-electron chi connectivity index (χ3n) is 5.64. The van der Waals surface area contributed by atoms with Gasteiger partial charge >= 0.3 is 5.97 Å². The van der Waals surface area contributed by atoms with Crippen LogP contribution in [0.5, 0.6) is 0 Å². The third kappa shape index (κ3) is 3.73. The zero-order valence-corrected chi connectivity index (χ0v) is 13.9. The maximum atomic E-state index is 10.8. The number of rotatable bonds is 5. The Labute approximate surface area is 134 Å². The Morgan fingerprint density at radius 2 is 2.00 bits per heavy atom. The predicted octanol–water partition coefficient (Wildman–Crippen LogP) is 4.40. The molecule has 0 bridgehead atoms. The van der Waals surface area contributed by atoms with Crippen molar-refractivity contribution in [1.29, 1.82) is 0 Å². The number of ether oxygens (including phenoxy) is 2. The van der Waals surface area contributed by atoms with Crippen molar-refractivity contribution < 1.29 is 14.3 Å². The molecule has 3 aliphatic rings. The average molecular weight is 306 g/mol. The van der Waals surface area contributed by atoms with Crippen LogP contribution in [0, 0.1) is 11.8 Å². The Hall–Kier alpha value is -0.830. The summed E-state index contributed by atoms with van der Waals surface area (Å²) in [5.41, 5.74) is 1.74. The molecule has 0 spiro atoms. The number of hydrogen-bond acceptors (Lipinski definition) is 3. The quantitative estimate of drug-likeness (QED) is 0.429. The summed E-state index contributed by atoms with van der Waals surface area (Å²) < 4.78 is 11.6. The second kappa shape index (κ2) is 7.63. The van der Waals surface area contributed by atoms with Crippen LogP contribution >= 0.6 is 0 Å². The molecule has 1 saturated carbocycles. The molecule has 0 aromatic heterocycles. The van der Waals surface area contributed by atoms with Crippen molar-refractivity contribution in [2.45, 2.75) is 83.3 Å². The molecule has 2 fully saturated rings. The normalized spacial score (nSPS) is 34.3. The molecular weight excluding hydrogens is 276 g/mol. The molecule has 4 atom stereocenters. The molecule has 2 aliphatic carbocycles. The van der Waals surface area contributed by atoms with E-state index in [1.807, 2.05) is 0 Å². The van der Waals surface area contributed by atoms with E-state index in [0.717, 1.165) is 25.2 Å². The highest BCUT2D eigenvalue weighted by Gasteiger charge is 2.42. The summed E-state index contributed by atoms with van der Waals surface area (Å²) >= 11 is 0. The minimum Gasteiger partial charge on any atom is -0.466 e. The van der Waals surface area contributed by atoms with Gasteiger partial charge in [-0.25, -0.2) is 0 Å². The number of unbranched alkanes of at least 4 members (excludes halogenated alkanes) is 1. The Morgan fingerprint density at radius 3 is 2.86 bits per heavy atom. The lowest BCUT2D eigenvalue weighted by atomic mass is 9.68. The van der Waals surface area contributed by atoms with Crippen molar-refractivity contribution in [1.82, 2.24) is 0 Å². The number of hydrogen-bond donors (Lipinski definition) is 0. The summed E-state index contributed by atoms with van der Waals surface area (Å²) in [6.07, 6.45) is 15.8. The van der Waals surface area contributed by atoms with Gasteiger partial charge in [0.15, 0.2) is 0 Å². The number of carbonyl (C=O) groups is 1. The SMILES string of the molecule is CC(=O)OCCCC[C@H]1O[C@@H]2CCCC[C@H]2C2=CCCC[C@H]21. The van der Waals surface area contributed by atoms with Gasteiger partial charge in [0.2, 0.25) is 0 Å². The maximum Gasteiger partial charge on any atom is 0.302 e. The van der Waals surface area contributed by atoms with Gasteiger partial charge in [0.1, 0.15) is 0 Å². The largest absolute Gasteiger partial charge is 0.466 e. The Morgan fingerprint density at radius 1 is 1.18 bits per heavy atom. The molecule has 1 aliphatic heterocycles. The van der Waals surface area contributed by atoms with E-state index in [-0.39, 0.29) is 5.97 Å². The fraction of sp³-hybridized carbons (Fsp3) is 0.842. The smallest absolute Gasteiger partial charge is 0.302 e. The van der Waals surface area contributed by atoms with Crippen molar-refractivity contribution in [3.05, 3.63) is 11.6 Å². The number of carbonyl (C=O) groups excluding carboxylic acids is 1. The second-order valence-corrected chi connectivity index (χ2v) is 7.18. The first-order valence-electron chi connectivity index (χ1n) is 9.24. The summed E-state index contributed by atoms with van der Waals surface area (Å²) in [7, 11) is 0. The molecule has 0 amide bonds. The van der Waals surface area contributed by atoms with Crippen molar-refractivity contribution >= 4 is 5.97 Å². The molecule has 1 heterocycles. The van der Waals surface area contributed by atoms with E-state index in [4.69, 9.17) is 9.47 Å². The summed E-state index contributed by atoms with van der Waals surface area (Å²) in [6, 6.07) is 0. The molecule has 22 heavy (non-hydrogen) atoms. The van der Waals surface area contributed by atoms with Crippen LogP contribution in [-0.4, -0.2) is 24.8 Å². The number of allylic oxidation sites excluding steroid dienone is 1. The molecule has 1 saturated heterocycles. The third-order valence-corrected chi connectivity index (χ3v) is 5.64. The number of esters is 1. The van der Waals surface area contributed by atoms with E-state index in [1.54, 1.807) is 5.57 Å². The Bertz CT molecular complexity index is 415. The monoisotopic (exact) mass is 306 g/mol. The van der Waals surface area contributed by atoms with Gasteiger partial charge in [0.25, 0.3) is 0 Å². The van der Waals surface area contributed by atoms with Gasteiger partial charge in [-0.3, -0.25) is 4.79 Å². The number of fused-ring (bicyclic) bond motifs is 3. The van der Waals surface area contributed by atoms with Gasteiger partial charge in [-0.1, -0.05) is 24.5 Å². The molecule has 0 N–H and O–H groups in total. The van der Waals surface area contributed by atoms with E-state index in [1.165, 1.54) is 51.9 Å². The van der Waals surface area contributed by atoms with Gasteiger partial charge in [-0.2, -0.15) is 0 Å². The van der Waals surface area contributed by atoms with Crippen LogP contribution in [0.25, 0.3) is 0 Å². The van der Waals surface area contributed by atoms with Crippen molar-refractivity contribution in [2.75, 3.05) is 6.61 Å². The van der Waals surface area contributed by atoms with E-state index < -0.39 is 0 Å². The standard InChI is InChI=1S/C19H30O3/c1-14(20)21-13-7-6-12-19-16-9-3-2-8-15(16)17-10-4-5-11-18(17)22-19/h8,16-19H,2-7,9-13H2,1H3/t16-,17+,18-,19-/m1/s1. The Balaban J connectivity index is 1.55. The van der Waals surface area contributed by atoms with Crippen molar-refractivity contribution in [3.63, 3.8) is 0 Å². The van der Waals surface area contributed by atoms with Gasteiger partial charge in [-0.05, 0) is 51.4 Å². The van der Waals surface area contributed by atoms with Crippen LogP contribution in [0.4, 0.5) is 0 Å². The van der Waals surface area contributed by atoms with Crippen LogP contribution < -0.4 is 0 Å². The van der Waals surface area contributed by atoms with E-state index >= 15 is 0 Å². The summed E-state index contributed by atoms with van der Waals surface area (Å²) in [5.74, 6) is 1.22. The molecule has 0 radical (unpaired) electrons. The topological polar surface area (TPSA) is 35.5 Å². The van der Waals surface area contributed by atoms with E-state index in [9.17, 15) is 4.79 Å². The highest BCUT2D eigenvalue weighted by Crippen LogP contribution is 2.47. The lowest BCUT2D eigenvalue weighted by Gasteiger charge is -2.47. The fourth-order valence-electron chi connectivity index (χ4n) is 4.64. The summed E-state index contributed by atoms with van der Waals surface area (Å²) in [6.45, 7) is 2.04. The highest BCUT2D eigenvalue weighted by atomic mass is 16.5. The summed E-state index contributed by atoms with van der Waals surface area (Å²) in [5, 5.41) is 0. The van der Waals surface area contributed by atoms with E-state index in [0.29, 0.717) is 24.7 Å². The van der Waals surface area contributed by atoms with Gasteiger partial charge in [0, 0.05) is 18.8 Å². The van der Waals surface area contributed by atoms with Gasteiger partial charge < -0.3 is 9.47 Å². The molecule has 124 valence electrons. The van der Waals surface area contributed by atoms with Crippen LogP contribution in [0.15, 0.2) is 11.6 Å². The first kappa shape index (κ1) is 16.0. The highest BCUT2D eigenvalue weighted by molar-refractivity contribution is 5.65.